The molecule has 0 radical (unpaired) electrons. The molecule has 13 heavy (non-hydrogen) atoms. The summed E-state index contributed by atoms with van der Waals surface area (Å²) in [6.45, 7) is 4.46. The monoisotopic (exact) mass is 197 g/mol. The lowest BCUT2D eigenvalue weighted by Gasteiger charge is -1.95. The largest absolute Gasteiger partial charge is 0.391 e. The summed E-state index contributed by atoms with van der Waals surface area (Å²) in [5.41, 5.74) is 1.18. The number of aromatic nitrogens is 1. The zero-order chi connectivity index (χ0) is 9.42. The van der Waals surface area contributed by atoms with Crippen LogP contribution in [0.15, 0.2) is 0 Å². The van der Waals surface area contributed by atoms with Gasteiger partial charge in [-0.05, 0) is 12.8 Å². The average Bonchev–Trinajstić information content (AvgIpc) is 2.84. The predicted octanol–water partition coefficient (Wildman–Crippen LogP) is 2.64. The van der Waals surface area contributed by atoms with Gasteiger partial charge in [0.25, 0.3) is 0 Å². The molecule has 1 aromatic heterocycles. The van der Waals surface area contributed by atoms with Gasteiger partial charge in [-0.1, -0.05) is 13.8 Å². The fraction of sp³-hybridized carbons (Fsp3) is 0.700. The third kappa shape index (κ3) is 1.76. The Labute approximate surface area is 82.6 Å². The van der Waals surface area contributed by atoms with Crippen LogP contribution in [0.5, 0.6) is 0 Å². The van der Waals surface area contributed by atoms with Crippen molar-refractivity contribution in [1.29, 1.82) is 0 Å². The summed E-state index contributed by atoms with van der Waals surface area (Å²) in [6, 6.07) is 0. The molecule has 0 spiro atoms. The molecule has 1 aromatic rings. The van der Waals surface area contributed by atoms with Crippen molar-refractivity contribution in [1.82, 2.24) is 4.98 Å². The van der Waals surface area contributed by atoms with Gasteiger partial charge >= 0.3 is 0 Å². The molecule has 0 unspecified atom stereocenters. The van der Waals surface area contributed by atoms with Gasteiger partial charge in [0.05, 0.1) is 22.2 Å². The second-order valence-corrected chi connectivity index (χ2v) is 5.06. The maximum absolute atomic E-state index is 9.16. The molecule has 1 N–H and O–H groups in total. The highest BCUT2D eigenvalue weighted by Crippen LogP contribution is 2.43. The van der Waals surface area contributed by atoms with Crippen LogP contribution in [0.1, 0.15) is 54.1 Å². The fourth-order valence-electron chi connectivity index (χ4n) is 1.42. The van der Waals surface area contributed by atoms with Crippen LogP contribution >= 0.6 is 11.3 Å². The topological polar surface area (TPSA) is 33.1 Å². The molecule has 0 bridgehead atoms. The number of aliphatic hydroxyl groups is 1. The van der Waals surface area contributed by atoms with Crippen LogP contribution in [0.3, 0.4) is 0 Å². The SMILES string of the molecule is CC(C)c1nc(C2CC2)c(CO)s1. The molecule has 0 atom stereocenters. The number of hydrogen-bond acceptors (Lipinski definition) is 3. The van der Waals surface area contributed by atoms with Crippen LogP contribution in [0.4, 0.5) is 0 Å². The van der Waals surface area contributed by atoms with E-state index in [2.05, 4.69) is 18.8 Å². The Hall–Kier alpha value is -0.410. The Morgan fingerprint density at radius 3 is 2.69 bits per heavy atom. The molecule has 0 saturated heterocycles. The number of hydrogen-bond donors (Lipinski definition) is 1. The first-order valence-corrected chi connectivity index (χ1v) is 5.64. The van der Waals surface area contributed by atoms with Gasteiger partial charge in [-0.25, -0.2) is 4.98 Å². The van der Waals surface area contributed by atoms with Crippen LogP contribution < -0.4 is 0 Å². The normalized spacial score (nSPS) is 16.9. The zero-order valence-corrected chi connectivity index (χ0v) is 8.90. The van der Waals surface area contributed by atoms with Gasteiger partial charge in [0.2, 0.25) is 0 Å². The minimum absolute atomic E-state index is 0.163. The molecule has 72 valence electrons. The Morgan fingerprint density at radius 2 is 2.23 bits per heavy atom. The Balaban J connectivity index is 2.31. The first-order valence-electron chi connectivity index (χ1n) is 4.82. The maximum atomic E-state index is 9.16. The predicted molar refractivity (Wildman–Crippen MR) is 54.1 cm³/mol. The van der Waals surface area contributed by atoms with E-state index in [4.69, 9.17) is 5.11 Å². The van der Waals surface area contributed by atoms with Crippen molar-refractivity contribution in [3.05, 3.63) is 15.6 Å². The summed E-state index contributed by atoms with van der Waals surface area (Å²) >= 11 is 1.67. The van der Waals surface area contributed by atoms with Crippen LogP contribution in [-0.4, -0.2) is 10.1 Å². The molecule has 1 saturated carbocycles. The molecular formula is C10H15NOS. The molecule has 2 rings (SSSR count). The lowest BCUT2D eigenvalue weighted by Crippen LogP contribution is -1.89. The molecule has 1 aliphatic rings. The summed E-state index contributed by atoms with van der Waals surface area (Å²) in [5, 5.41) is 10.3. The second kappa shape index (κ2) is 3.39. The lowest BCUT2D eigenvalue weighted by molar-refractivity contribution is 0.284. The van der Waals surface area contributed by atoms with Crippen molar-refractivity contribution in [2.75, 3.05) is 0 Å². The molecule has 1 fully saturated rings. The Morgan fingerprint density at radius 1 is 1.54 bits per heavy atom. The van der Waals surface area contributed by atoms with Crippen molar-refractivity contribution in [3.8, 4) is 0 Å². The first kappa shape index (κ1) is 9.16. The molecular weight excluding hydrogens is 182 g/mol. The molecule has 0 amide bonds. The average molecular weight is 197 g/mol. The number of aliphatic hydroxyl groups excluding tert-OH is 1. The van der Waals surface area contributed by atoms with Crippen LogP contribution in [0.2, 0.25) is 0 Å². The van der Waals surface area contributed by atoms with Gasteiger partial charge in [0.15, 0.2) is 0 Å². The van der Waals surface area contributed by atoms with Crippen LogP contribution in [0.25, 0.3) is 0 Å². The quantitative estimate of drug-likeness (QED) is 0.808. The van der Waals surface area contributed by atoms with Crippen molar-refractivity contribution < 1.29 is 5.11 Å². The highest BCUT2D eigenvalue weighted by molar-refractivity contribution is 7.11. The van der Waals surface area contributed by atoms with E-state index in [0.29, 0.717) is 11.8 Å². The summed E-state index contributed by atoms with van der Waals surface area (Å²) in [6.07, 6.45) is 2.52. The van der Waals surface area contributed by atoms with Crippen molar-refractivity contribution in [3.63, 3.8) is 0 Å². The van der Waals surface area contributed by atoms with E-state index in [-0.39, 0.29) is 6.61 Å². The van der Waals surface area contributed by atoms with Gasteiger partial charge in [-0.2, -0.15) is 0 Å². The minimum atomic E-state index is 0.163. The lowest BCUT2D eigenvalue weighted by atomic mass is 10.2. The maximum Gasteiger partial charge on any atom is 0.0957 e. The van der Waals surface area contributed by atoms with Crippen molar-refractivity contribution in [2.24, 2.45) is 0 Å². The van der Waals surface area contributed by atoms with Gasteiger partial charge in [0, 0.05) is 11.8 Å². The van der Waals surface area contributed by atoms with E-state index in [1.54, 1.807) is 11.3 Å². The molecule has 0 aliphatic heterocycles. The van der Waals surface area contributed by atoms with Crippen molar-refractivity contribution in [2.45, 2.75) is 45.1 Å². The van der Waals surface area contributed by atoms with E-state index >= 15 is 0 Å². The smallest absolute Gasteiger partial charge is 0.0957 e. The number of rotatable bonds is 3. The van der Waals surface area contributed by atoms with Crippen LogP contribution in [0, 0.1) is 0 Å². The molecule has 1 heterocycles. The van der Waals surface area contributed by atoms with E-state index in [9.17, 15) is 0 Å². The molecule has 2 nitrogen and oxygen atoms in total. The van der Waals surface area contributed by atoms with E-state index in [0.717, 1.165) is 4.88 Å². The highest BCUT2D eigenvalue weighted by Gasteiger charge is 2.29. The third-order valence-electron chi connectivity index (χ3n) is 2.35. The Kier molecular flexibility index (Phi) is 2.39. The summed E-state index contributed by atoms with van der Waals surface area (Å²) in [4.78, 5) is 5.69. The zero-order valence-electron chi connectivity index (χ0n) is 8.08. The summed E-state index contributed by atoms with van der Waals surface area (Å²) in [7, 11) is 0. The van der Waals surface area contributed by atoms with E-state index in [1.165, 1.54) is 23.5 Å². The third-order valence-corrected chi connectivity index (χ3v) is 3.70. The van der Waals surface area contributed by atoms with Gasteiger partial charge in [-0.15, -0.1) is 11.3 Å². The van der Waals surface area contributed by atoms with Crippen molar-refractivity contribution >= 4 is 11.3 Å². The van der Waals surface area contributed by atoms with Gasteiger partial charge in [0.1, 0.15) is 0 Å². The van der Waals surface area contributed by atoms with E-state index < -0.39 is 0 Å². The van der Waals surface area contributed by atoms with Gasteiger partial charge < -0.3 is 5.11 Å². The molecule has 0 aromatic carbocycles. The Bertz CT molecular complexity index is 302. The van der Waals surface area contributed by atoms with Gasteiger partial charge in [-0.3, -0.25) is 0 Å². The standard InChI is InChI=1S/C10H15NOS/c1-6(2)10-11-9(7-3-4-7)8(5-12)13-10/h6-7,12H,3-5H2,1-2H3. The number of nitrogens with zero attached hydrogens (tertiary/aromatic N) is 1. The molecule has 3 heteroatoms. The first-order chi connectivity index (χ1) is 6.22. The van der Waals surface area contributed by atoms with E-state index in [1.807, 2.05) is 0 Å². The summed E-state index contributed by atoms with van der Waals surface area (Å²) < 4.78 is 0. The molecule has 1 aliphatic carbocycles. The minimum Gasteiger partial charge on any atom is -0.391 e. The highest BCUT2D eigenvalue weighted by atomic mass is 32.1. The number of thiazole rings is 1. The summed E-state index contributed by atoms with van der Waals surface area (Å²) in [5.74, 6) is 1.15. The second-order valence-electron chi connectivity index (χ2n) is 3.95. The fourth-order valence-corrected chi connectivity index (χ4v) is 2.43. The van der Waals surface area contributed by atoms with Crippen LogP contribution in [-0.2, 0) is 6.61 Å².